The number of benzene rings is 1. The maximum absolute atomic E-state index is 12.0. The third kappa shape index (κ3) is 5.13. The first-order valence-corrected chi connectivity index (χ1v) is 7.27. The Hall–Kier alpha value is -1.92. The Morgan fingerprint density at radius 1 is 1.14 bits per heavy atom. The Kier molecular flexibility index (Phi) is 7.56. The highest BCUT2D eigenvalue weighted by Crippen LogP contribution is 2.26. The van der Waals surface area contributed by atoms with Crippen molar-refractivity contribution in [2.24, 2.45) is 0 Å². The highest BCUT2D eigenvalue weighted by atomic mass is 16.7. The number of ether oxygens (including phenoxy) is 2. The van der Waals surface area contributed by atoms with Gasteiger partial charge in [0.05, 0.1) is 6.54 Å². The van der Waals surface area contributed by atoms with Crippen LogP contribution in [0.5, 0.6) is 0 Å². The molecular weight excluding hydrogens is 284 g/mol. The zero-order valence-electron chi connectivity index (χ0n) is 13.5. The van der Waals surface area contributed by atoms with Crippen LogP contribution < -0.4 is 10.6 Å². The van der Waals surface area contributed by atoms with Crippen LogP contribution in [0.2, 0.25) is 0 Å². The lowest BCUT2D eigenvalue weighted by Crippen LogP contribution is -2.40. The largest absolute Gasteiger partial charge is 0.354 e. The number of para-hydroxylation sites is 1. The fraction of sp³-hybridized carbons (Fsp3) is 0.500. The van der Waals surface area contributed by atoms with E-state index in [1.165, 1.54) is 14.2 Å². The standard InChI is InChI=1S/C16H24N2O4/c1-5-11(2)12-8-6-7-9-13(12)18-16(20)15(19)17-10-14(21-3)22-4/h6-9,11,14H,5,10H2,1-4H3,(H,17,19)(H,18,20). The van der Waals surface area contributed by atoms with Crippen molar-refractivity contribution < 1.29 is 19.1 Å². The smallest absolute Gasteiger partial charge is 0.313 e. The summed E-state index contributed by atoms with van der Waals surface area (Å²) in [6.45, 7) is 4.25. The van der Waals surface area contributed by atoms with Crippen LogP contribution in [0.4, 0.5) is 5.69 Å². The molecule has 1 rings (SSSR count). The quantitative estimate of drug-likeness (QED) is 0.595. The Morgan fingerprint density at radius 3 is 2.36 bits per heavy atom. The van der Waals surface area contributed by atoms with Crippen LogP contribution in [0.3, 0.4) is 0 Å². The summed E-state index contributed by atoms with van der Waals surface area (Å²) in [5, 5.41) is 5.12. The molecule has 0 radical (unpaired) electrons. The number of amides is 2. The van der Waals surface area contributed by atoms with Gasteiger partial charge in [-0.2, -0.15) is 0 Å². The molecule has 0 bridgehead atoms. The van der Waals surface area contributed by atoms with E-state index in [-0.39, 0.29) is 6.54 Å². The molecule has 0 aliphatic rings. The van der Waals surface area contributed by atoms with Crippen LogP contribution in [-0.2, 0) is 19.1 Å². The van der Waals surface area contributed by atoms with Crippen molar-refractivity contribution in [1.29, 1.82) is 0 Å². The van der Waals surface area contributed by atoms with E-state index in [0.29, 0.717) is 11.6 Å². The summed E-state index contributed by atoms with van der Waals surface area (Å²) < 4.78 is 9.89. The van der Waals surface area contributed by atoms with Gasteiger partial charge in [0.1, 0.15) is 0 Å². The van der Waals surface area contributed by atoms with Crippen molar-refractivity contribution in [3.63, 3.8) is 0 Å². The lowest BCUT2D eigenvalue weighted by atomic mass is 9.97. The number of hydrogen-bond acceptors (Lipinski definition) is 4. The summed E-state index contributed by atoms with van der Waals surface area (Å²) in [6, 6.07) is 7.48. The Morgan fingerprint density at radius 2 is 1.77 bits per heavy atom. The zero-order valence-corrected chi connectivity index (χ0v) is 13.5. The van der Waals surface area contributed by atoms with Gasteiger partial charge in [0.25, 0.3) is 0 Å². The molecule has 0 heterocycles. The number of carbonyl (C=O) groups is 2. The molecule has 1 unspecified atom stereocenters. The van der Waals surface area contributed by atoms with Crippen molar-refractivity contribution >= 4 is 17.5 Å². The minimum absolute atomic E-state index is 0.103. The van der Waals surface area contributed by atoms with E-state index in [1.807, 2.05) is 18.2 Å². The van der Waals surface area contributed by atoms with Crippen LogP contribution in [0.25, 0.3) is 0 Å². The predicted molar refractivity (Wildman–Crippen MR) is 84.6 cm³/mol. The highest BCUT2D eigenvalue weighted by molar-refractivity contribution is 6.39. The van der Waals surface area contributed by atoms with E-state index in [0.717, 1.165) is 12.0 Å². The molecule has 0 fully saturated rings. The summed E-state index contributed by atoms with van der Waals surface area (Å²) in [6.07, 6.45) is 0.367. The van der Waals surface area contributed by atoms with Gasteiger partial charge in [-0.25, -0.2) is 0 Å². The molecule has 1 aromatic carbocycles. The van der Waals surface area contributed by atoms with Crippen LogP contribution in [0.15, 0.2) is 24.3 Å². The van der Waals surface area contributed by atoms with Gasteiger partial charge in [-0.3, -0.25) is 9.59 Å². The lowest BCUT2D eigenvalue weighted by Gasteiger charge is -2.16. The Balaban J connectivity index is 2.67. The zero-order chi connectivity index (χ0) is 16.5. The summed E-state index contributed by atoms with van der Waals surface area (Å²) >= 11 is 0. The monoisotopic (exact) mass is 308 g/mol. The average Bonchev–Trinajstić information content (AvgIpc) is 2.55. The molecule has 1 atom stereocenters. The van der Waals surface area contributed by atoms with Crippen LogP contribution in [0, 0.1) is 0 Å². The number of hydrogen-bond donors (Lipinski definition) is 2. The molecule has 1 aromatic rings. The van der Waals surface area contributed by atoms with Crippen molar-refractivity contribution in [3.8, 4) is 0 Å². The maximum Gasteiger partial charge on any atom is 0.313 e. The molecule has 0 aliphatic heterocycles. The maximum atomic E-state index is 12.0. The van der Waals surface area contributed by atoms with E-state index in [4.69, 9.17) is 9.47 Å². The van der Waals surface area contributed by atoms with Gasteiger partial charge in [-0.1, -0.05) is 32.0 Å². The Labute approximate surface area is 131 Å². The third-order valence-corrected chi connectivity index (χ3v) is 3.51. The summed E-state index contributed by atoms with van der Waals surface area (Å²) in [5.41, 5.74) is 1.67. The van der Waals surface area contributed by atoms with E-state index >= 15 is 0 Å². The summed E-state index contributed by atoms with van der Waals surface area (Å²) in [7, 11) is 2.92. The number of nitrogens with one attached hydrogen (secondary N) is 2. The van der Waals surface area contributed by atoms with E-state index in [1.54, 1.807) is 6.07 Å². The van der Waals surface area contributed by atoms with E-state index in [9.17, 15) is 9.59 Å². The normalized spacial score (nSPS) is 12.0. The summed E-state index contributed by atoms with van der Waals surface area (Å²) in [4.78, 5) is 23.8. The van der Waals surface area contributed by atoms with E-state index in [2.05, 4.69) is 24.5 Å². The van der Waals surface area contributed by atoms with Crippen LogP contribution >= 0.6 is 0 Å². The molecular formula is C16H24N2O4. The van der Waals surface area contributed by atoms with Gasteiger partial charge in [-0.05, 0) is 24.0 Å². The predicted octanol–water partition coefficient (Wildman–Crippen LogP) is 1.87. The molecule has 2 amide bonds. The molecule has 0 aliphatic carbocycles. The fourth-order valence-corrected chi connectivity index (χ4v) is 1.96. The van der Waals surface area contributed by atoms with Crippen molar-refractivity contribution in [3.05, 3.63) is 29.8 Å². The van der Waals surface area contributed by atoms with Crippen molar-refractivity contribution in [2.75, 3.05) is 26.1 Å². The number of anilines is 1. The first-order chi connectivity index (χ1) is 10.5. The van der Waals surface area contributed by atoms with E-state index < -0.39 is 18.1 Å². The molecule has 0 spiro atoms. The van der Waals surface area contributed by atoms with Gasteiger partial charge in [0.15, 0.2) is 6.29 Å². The average molecular weight is 308 g/mol. The number of rotatable bonds is 7. The first kappa shape index (κ1) is 18.1. The van der Waals surface area contributed by atoms with Crippen molar-refractivity contribution in [1.82, 2.24) is 5.32 Å². The fourth-order valence-electron chi connectivity index (χ4n) is 1.96. The number of carbonyl (C=O) groups excluding carboxylic acids is 2. The van der Waals surface area contributed by atoms with Gasteiger partial charge in [0.2, 0.25) is 0 Å². The second-order valence-corrected chi connectivity index (χ2v) is 4.96. The summed E-state index contributed by atoms with van der Waals surface area (Å²) in [5.74, 6) is -1.13. The first-order valence-electron chi connectivity index (χ1n) is 7.27. The molecule has 0 aromatic heterocycles. The third-order valence-electron chi connectivity index (χ3n) is 3.51. The molecule has 122 valence electrons. The SMILES string of the molecule is CCC(C)c1ccccc1NC(=O)C(=O)NCC(OC)OC. The van der Waals surface area contributed by atoms with Gasteiger partial charge < -0.3 is 20.1 Å². The van der Waals surface area contributed by atoms with Gasteiger partial charge in [-0.15, -0.1) is 0 Å². The minimum Gasteiger partial charge on any atom is -0.354 e. The second-order valence-electron chi connectivity index (χ2n) is 4.96. The molecule has 0 saturated heterocycles. The molecule has 6 nitrogen and oxygen atoms in total. The molecule has 0 saturated carbocycles. The van der Waals surface area contributed by atoms with Crippen molar-refractivity contribution in [2.45, 2.75) is 32.5 Å². The highest BCUT2D eigenvalue weighted by Gasteiger charge is 2.18. The lowest BCUT2D eigenvalue weighted by molar-refractivity contribution is -0.139. The second kappa shape index (κ2) is 9.17. The Bertz CT molecular complexity index is 501. The minimum atomic E-state index is -0.724. The van der Waals surface area contributed by atoms with Crippen LogP contribution in [0.1, 0.15) is 31.7 Å². The molecule has 6 heteroatoms. The molecule has 2 N–H and O–H groups in total. The van der Waals surface area contributed by atoms with Crippen LogP contribution in [-0.4, -0.2) is 38.9 Å². The van der Waals surface area contributed by atoms with Gasteiger partial charge in [0, 0.05) is 19.9 Å². The number of methoxy groups -OCH3 is 2. The van der Waals surface area contributed by atoms with Gasteiger partial charge >= 0.3 is 11.8 Å². The topological polar surface area (TPSA) is 76.7 Å². The molecule has 22 heavy (non-hydrogen) atoms.